The number of nitrogens with two attached hydrogens (primary N) is 1. The van der Waals surface area contributed by atoms with E-state index in [1.165, 1.54) is 25.7 Å². The first-order valence-electron chi connectivity index (χ1n) is 6.68. The highest BCUT2D eigenvalue weighted by Gasteiger charge is 2.39. The van der Waals surface area contributed by atoms with Crippen molar-refractivity contribution in [2.75, 3.05) is 12.3 Å². The van der Waals surface area contributed by atoms with Crippen molar-refractivity contribution in [3.05, 3.63) is 5.69 Å². The third-order valence-electron chi connectivity index (χ3n) is 4.43. The van der Waals surface area contributed by atoms with Crippen LogP contribution >= 0.6 is 11.3 Å². The Bertz CT molecular complexity index is 582. The predicted molar refractivity (Wildman–Crippen MR) is 75.4 cm³/mol. The molecule has 1 heterocycles. The maximum absolute atomic E-state index is 12.2. The zero-order chi connectivity index (χ0) is 13.6. The van der Waals surface area contributed by atoms with Crippen LogP contribution in [0.3, 0.4) is 0 Å². The summed E-state index contributed by atoms with van der Waals surface area (Å²) in [5, 5.41) is 0.304. The van der Waals surface area contributed by atoms with Crippen LogP contribution < -0.4 is 10.5 Å². The summed E-state index contributed by atoms with van der Waals surface area (Å²) in [4.78, 5) is 3.97. The van der Waals surface area contributed by atoms with Crippen LogP contribution in [0.1, 0.15) is 31.4 Å². The van der Waals surface area contributed by atoms with Gasteiger partial charge in [0.2, 0.25) is 0 Å². The first-order valence-corrected chi connectivity index (χ1v) is 8.98. The van der Waals surface area contributed by atoms with Crippen LogP contribution in [0, 0.1) is 24.7 Å². The zero-order valence-corrected chi connectivity index (χ0v) is 12.6. The van der Waals surface area contributed by atoms with Gasteiger partial charge in [0.15, 0.2) is 9.34 Å². The van der Waals surface area contributed by atoms with Gasteiger partial charge in [-0.1, -0.05) is 17.8 Å². The molecule has 19 heavy (non-hydrogen) atoms. The van der Waals surface area contributed by atoms with Crippen molar-refractivity contribution in [1.29, 1.82) is 0 Å². The molecule has 3 rings (SSSR count). The number of nitrogen functional groups attached to an aromatic ring is 1. The highest BCUT2D eigenvalue weighted by atomic mass is 32.2. The molecule has 2 aliphatic rings. The lowest BCUT2D eigenvalue weighted by molar-refractivity contribution is 0.333. The molecule has 2 saturated carbocycles. The first kappa shape index (κ1) is 13.3. The molecule has 7 heteroatoms. The number of aromatic nitrogens is 1. The summed E-state index contributed by atoms with van der Waals surface area (Å²) < 4.78 is 27.5. The Labute approximate surface area is 117 Å². The molecule has 2 aliphatic carbocycles. The van der Waals surface area contributed by atoms with Gasteiger partial charge in [-0.3, -0.25) is 0 Å². The normalized spacial score (nSPS) is 30.1. The fourth-order valence-electron chi connectivity index (χ4n) is 3.56. The smallest absolute Gasteiger partial charge is 0.252 e. The molecule has 0 radical (unpaired) electrons. The molecule has 3 unspecified atom stereocenters. The fraction of sp³-hybridized carbons (Fsp3) is 0.750. The number of sulfonamides is 1. The molecule has 3 N–H and O–H groups in total. The highest BCUT2D eigenvalue weighted by molar-refractivity contribution is 7.91. The third-order valence-corrected chi connectivity index (χ3v) is 7.45. The second-order valence-corrected chi connectivity index (χ2v) is 8.70. The summed E-state index contributed by atoms with van der Waals surface area (Å²) in [7, 11) is -3.45. The van der Waals surface area contributed by atoms with Crippen LogP contribution in [0.25, 0.3) is 0 Å². The molecule has 2 fully saturated rings. The van der Waals surface area contributed by atoms with Gasteiger partial charge in [0.05, 0.1) is 5.69 Å². The maximum Gasteiger partial charge on any atom is 0.252 e. The topological polar surface area (TPSA) is 85.1 Å². The summed E-state index contributed by atoms with van der Waals surface area (Å²) >= 11 is 1.04. The molecule has 1 aromatic heterocycles. The minimum Gasteiger partial charge on any atom is -0.375 e. The van der Waals surface area contributed by atoms with Gasteiger partial charge in [0.25, 0.3) is 10.0 Å². The van der Waals surface area contributed by atoms with E-state index in [1.807, 2.05) is 0 Å². The lowest BCUT2D eigenvalue weighted by Gasteiger charge is -2.21. The van der Waals surface area contributed by atoms with E-state index in [0.29, 0.717) is 23.3 Å². The quantitative estimate of drug-likeness (QED) is 0.887. The molecule has 106 valence electrons. The minimum absolute atomic E-state index is 0.258. The number of hydrogen-bond acceptors (Lipinski definition) is 5. The number of nitrogens with one attached hydrogen (secondary N) is 1. The van der Waals surface area contributed by atoms with Gasteiger partial charge in [0, 0.05) is 6.54 Å². The summed E-state index contributed by atoms with van der Waals surface area (Å²) in [6, 6.07) is 0. The summed E-state index contributed by atoms with van der Waals surface area (Å²) in [6.45, 7) is 2.24. The lowest BCUT2D eigenvalue weighted by atomic mass is 9.89. The van der Waals surface area contributed by atoms with Gasteiger partial charge < -0.3 is 5.73 Å². The monoisotopic (exact) mass is 301 g/mol. The van der Waals surface area contributed by atoms with E-state index in [9.17, 15) is 8.42 Å². The van der Waals surface area contributed by atoms with E-state index in [-0.39, 0.29) is 4.21 Å². The average Bonchev–Trinajstić information content (AvgIpc) is 3.02. The van der Waals surface area contributed by atoms with Crippen LogP contribution in [0.5, 0.6) is 0 Å². The minimum atomic E-state index is -3.45. The van der Waals surface area contributed by atoms with E-state index in [0.717, 1.165) is 23.2 Å². The Morgan fingerprint density at radius 1 is 1.42 bits per heavy atom. The van der Waals surface area contributed by atoms with Gasteiger partial charge in [-0.2, -0.15) is 0 Å². The number of thiazole rings is 1. The molecule has 0 amide bonds. The molecule has 2 bridgehead atoms. The largest absolute Gasteiger partial charge is 0.375 e. The molecule has 0 aliphatic heterocycles. The van der Waals surface area contributed by atoms with E-state index in [4.69, 9.17) is 5.73 Å². The summed E-state index contributed by atoms with van der Waals surface area (Å²) in [6.07, 6.45) is 5.07. The van der Waals surface area contributed by atoms with E-state index < -0.39 is 10.0 Å². The van der Waals surface area contributed by atoms with Gasteiger partial charge in [-0.25, -0.2) is 18.1 Å². The van der Waals surface area contributed by atoms with E-state index in [2.05, 4.69) is 9.71 Å². The highest BCUT2D eigenvalue weighted by Crippen LogP contribution is 2.48. The van der Waals surface area contributed by atoms with Crippen molar-refractivity contribution in [3.63, 3.8) is 0 Å². The number of anilines is 1. The van der Waals surface area contributed by atoms with Crippen molar-refractivity contribution >= 4 is 26.5 Å². The van der Waals surface area contributed by atoms with Crippen molar-refractivity contribution in [1.82, 2.24) is 9.71 Å². The average molecular weight is 301 g/mol. The van der Waals surface area contributed by atoms with Gasteiger partial charge in [-0.15, -0.1) is 0 Å². The molecule has 0 saturated heterocycles. The van der Waals surface area contributed by atoms with Crippen molar-refractivity contribution in [2.24, 2.45) is 17.8 Å². The number of aryl methyl sites for hydroxylation is 1. The van der Waals surface area contributed by atoms with Gasteiger partial charge in [0.1, 0.15) is 0 Å². The second-order valence-electron chi connectivity index (χ2n) is 5.71. The van der Waals surface area contributed by atoms with Gasteiger partial charge >= 0.3 is 0 Å². The Morgan fingerprint density at radius 2 is 2.21 bits per heavy atom. The van der Waals surface area contributed by atoms with Crippen LogP contribution in [0.4, 0.5) is 5.13 Å². The van der Waals surface area contributed by atoms with Gasteiger partial charge in [-0.05, 0) is 43.9 Å². The molecule has 0 aromatic carbocycles. The Kier molecular flexibility index (Phi) is 3.31. The Balaban J connectivity index is 1.67. The predicted octanol–water partition coefficient (Wildman–Crippen LogP) is 1.75. The SMILES string of the molecule is Cc1nc(N)sc1S(=O)(=O)NCC1CC2CCC1C2. The Hall–Kier alpha value is -0.660. The molecule has 0 spiro atoms. The van der Waals surface area contributed by atoms with E-state index >= 15 is 0 Å². The zero-order valence-electron chi connectivity index (χ0n) is 10.9. The molecule has 1 aromatic rings. The van der Waals surface area contributed by atoms with Crippen molar-refractivity contribution in [2.45, 2.75) is 36.8 Å². The number of rotatable bonds is 4. The fourth-order valence-corrected chi connectivity index (χ4v) is 6.00. The second kappa shape index (κ2) is 4.71. The molecular weight excluding hydrogens is 282 g/mol. The molecule has 5 nitrogen and oxygen atoms in total. The van der Waals surface area contributed by atoms with Crippen LogP contribution in [0.15, 0.2) is 4.21 Å². The molecule has 3 atom stereocenters. The van der Waals surface area contributed by atoms with Crippen LogP contribution in [0.2, 0.25) is 0 Å². The maximum atomic E-state index is 12.2. The van der Waals surface area contributed by atoms with Crippen LogP contribution in [-0.4, -0.2) is 19.9 Å². The third kappa shape index (κ3) is 2.51. The first-order chi connectivity index (χ1) is 8.95. The number of nitrogens with zero attached hydrogens (tertiary/aromatic N) is 1. The standard InChI is InChI=1S/C12H19N3O2S2/c1-7-11(18-12(13)15-7)19(16,17)14-6-10-5-8-2-3-9(10)4-8/h8-10,14H,2-6H2,1H3,(H2,13,15). The van der Waals surface area contributed by atoms with Crippen LogP contribution in [-0.2, 0) is 10.0 Å². The van der Waals surface area contributed by atoms with Crippen molar-refractivity contribution < 1.29 is 8.42 Å². The van der Waals surface area contributed by atoms with Crippen molar-refractivity contribution in [3.8, 4) is 0 Å². The summed E-state index contributed by atoms with van der Waals surface area (Å²) in [5.41, 5.74) is 6.05. The van der Waals surface area contributed by atoms with E-state index in [1.54, 1.807) is 6.92 Å². The number of hydrogen-bond donors (Lipinski definition) is 2. The summed E-state index contributed by atoms with van der Waals surface area (Å²) in [5.74, 6) is 2.07. The number of fused-ring (bicyclic) bond motifs is 2. The lowest BCUT2D eigenvalue weighted by Crippen LogP contribution is -2.31. The Morgan fingerprint density at radius 3 is 2.74 bits per heavy atom. The molecular formula is C12H19N3O2S2.